The maximum Gasteiger partial charge on any atom is 0.304 e. The zero-order valence-corrected chi connectivity index (χ0v) is 10.8. The van der Waals surface area contributed by atoms with Crippen molar-refractivity contribution in [3.63, 3.8) is 0 Å². The van der Waals surface area contributed by atoms with Crippen molar-refractivity contribution >= 4 is 16.0 Å². The number of aromatic nitrogens is 2. The molecule has 0 aliphatic rings. The zero-order valence-electron chi connectivity index (χ0n) is 10.0. The Hall–Kier alpha value is -1.55. The topological polar surface area (TPSA) is 92.5 Å². The standard InChI is InChI=1S/C9H13F2N3O4S/c1-13(3-2-9(15)16)19(17,18)7-4-12-14(5-7)6-8(10)11/h4-5,8H,2-3,6H2,1H3,(H,15,16). The van der Waals surface area contributed by atoms with E-state index in [4.69, 9.17) is 5.11 Å². The van der Waals surface area contributed by atoms with Crippen molar-refractivity contribution < 1.29 is 27.1 Å². The molecule has 7 nitrogen and oxygen atoms in total. The average Bonchev–Trinajstić information content (AvgIpc) is 2.73. The highest BCUT2D eigenvalue weighted by molar-refractivity contribution is 7.89. The van der Waals surface area contributed by atoms with Crippen LogP contribution in [-0.4, -0.2) is 53.6 Å². The van der Waals surface area contributed by atoms with Crippen molar-refractivity contribution in [2.45, 2.75) is 24.3 Å². The number of sulfonamides is 1. The summed E-state index contributed by atoms with van der Waals surface area (Å²) in [5, 5.41) is 12.0. The van der Waals surface area contributed by atoms with Crippen LogP contribution in [0.4, 0.5) is 8.78 Å². The van der Waals surface area contributed by atoms with E-state index in [0.717, 1.165) is 21.4 Å². The Morgan fingerprint density at radius 1 is 1.58 bits per heavy atom. The highest BCUT2D eigenvalue weighted by atomic mass is 32.2. The Kier molecular flexibility index (Phi) is 4.95. The molecule has 108 valence electrons. The van der Waals surface area contributed by atoms with Crippen molar-refractivity contribution in [3.8, 4) is 0 Å². The fourth-order valence-corrected chi connectivity index (χ4v) is 2.40. The van der Waals surface area contributed by atoms with Gasteiger partial charge < -0.3 is 5.11 Å². The van der Waals surface area contributed by atoms with Gasteiger partial charge in [0.1, 0.15) is 11.4 Å². The Morgan fingerprint density at radius 2 is 2.21 bits per heavy atom. The molecular formula is C9H13F2N3O4S. The number of halogens is 2. The average molecular weight is 297 g/mol. The first kappa shape index (κ1) is 15.5. The second-order valence-corrected chi connectivity index (χ2v) is 5.80. The van der Waals surface area contributed by atoms with Crippen LogP contribution in [0.1, 0.15) is 6.42 Å². The van der Waals surface area contributed by atoms with Gasteiger partial charge in [-0.3, -0.25) is 9.48 Å². The Morgan fingerprint density at radius 3 is 2.74 bits per heavy atom. The molecule has 0 amide bonds. The summed E-state index contributed by atoms with van der Waals surface area (Å²) in [6.45, 7) is -0.911. The first-order chi connectivity index (χ1) is 8.73. The molecule has 1 rings (SSSR count). The van der Waals surface area contributed by atoms with Crippen LogP contribution in [0, 0.1) is 0 Å². The first-order valence-corrected chi connectivity index (χ1v) is 6.66. The predicted molar refractivity (Wildman–Crippen MR) is 60.3 cm³/mol. The van der Waals surface area contributed by atoms with Crippen LogP contribution in [0.2, 0.25) is 0 Å². The maximum absolute atomic E-state index is 12.1. The summed E-state index contributed by atoms with van der Waals surface area (Å²) >= 11 is 0. The third-order valence-electron chi connectivity index (χ3n) is 2.28. The summed E-state index contributed by atoms with van der Waals surface area (Å²) < 4.78 is 49.7. The monoisotopic (exact) mass is 297 g/mol. The van der Waals surface area contributed by atoms with Gasteiger partial charge in [0.2, 0.25) is 10.0 Å². The fraction of sp³-hybridized carbons (Fsp3) is 0.556. The van der Waals surface area contributed by atoms with Gasteiger partial charge in [-0.05, 0) is 0 Å². The molecular weight excluding hydrogens is 284 g/mol. The van der Waals surface area contributed by atoms with E-state index in [1.807, 2.05) is 0 Å². The van der Waals surface area contributed by atoms with E-state index in [9.17, 15) is 22.0 Å². The molecule has 0 fully saturated rings. The molecule has 0 spiro atoms. The van der Waals surface area contributed by atoms with Crippen molar-refractivity contribution in [1.82, 2.24) is 14.1 Å². The Labute approximate surface area is 108 Å². The van der Waals surface area contributed by atoms with Crippen molar-refractivity contribution in [2.75, 3.05) is 13.6 Å². The van der Waals surface area contributed by atoms with Gasteiger partial charge in [0.25, 0.3) is 6.43 Å². The Bertz CT molecular complexity index is 543. The first-order valence-electron chi connectivity index (χ1n) is 5.22. The minimum absolute atomic E-state index is 0.211. The summed E-state index contributed by atoms with van der Waals surface area (Å²) in [4.78, 5) is 10.1. The molecule has 0 bridgehead atoms. The lowest BCUT2D eigenvalue weighted by Gasteiger charge is -2.14. The minimum atomic E-state index is -3.91. The number of nitrogens with zero attached hydrogens (tertiary/aromatic N) is 3. The van der Waals surface area contributed by atoms with Gasteiger partial charge in [0, 0.05) is 19.8 Å². The molecule has 0 saturated carbocycles. The number of carboxylic acids is 1. The van der Waals surface area contributed by atoms with E-state index in [2.05, 4.69) is 5.10 Å². The molecule has 1 heterocycles. The van der Waals surface area contributed by atoms with Gasteiger partial charge in [0.15, 0.2) is 0 Å². The normalized spacial score (nSPS) is 12.3. The fourth-order valence-electron chi connectivity index (χ4n) is 1.27. The summed E-state index contributed by atoms with van der Waals surface area (Å²) in [5.74, 6) is -1.13. The molecule has 0 aromatic carbocycles. The lowest BCUT2D eigenvalue weighted by molar-refractivity contribution is -0.137. The number of rotatable bonds is 7. The molecule has 0 aliphatic heterocycles. The SMILES string of the molecule is CN(CCC(=O)O)S(=O)(=O)c1cnn(CC(F)F)c1. The molecule has 0 unspecified atom stereocenters. The maximum atomic E-state index is 12.1. The minimum Gasteiger partial charge on any atom is -0.481 e. The van der Waals surface area contributed by atoms with Gasteiger partial charge in [0.05, 0.1) is 12.6 Å². The highest BCUT2D eigenvalue weighted by Gasteiger charge is 2.23. The molecule has 0 radical (unpaired) electrons. The van der Waals surface area contributed by atoms with Crippen LogP contribution >= 0.6 is 0 Å². The number of carbonyl (C=O) groups is 1. The molecule has 0 atom stereocenters. The second kappa shape index (κ2) is 6.06. The number of alkyl halides is 2. The van der Waals surface area contributed by atoms with Crippen molar-refractivity contribution in [1.29, 1.82) is 0 Å². The molecule has 1 aromatic heterocycles. The molecule has 1 N–H and O–H groups in total. The molecule has 10 heteroatoms. The summed E-state index contributed by atoms with van der Waals surface area (Å²) in [7, 11) is -2.70. The van der Waals surface area contributed by atoms with E-state index < -0.39 is 29.0 Å². The number of hydrogen-bond donors (Lipinski definition) is 1. The lowest BCUT2D eigenvalue weighted by Crippen LogP contribution is -2.29. The van der Waals surface area contributed by atoms with Gasteiger partial charge in [-0.25, -0.2) is 21.5 Å². The van der Waals surface area contributed by atoms with E-state index in [0.29, 0.717) is 0 Å². The van der Waals surface area contributed by atoms with Crippen LogP contribution in [0.15, 0.2) is 17.3 Å². The molecule has 1 aromatic rings. The third-order valence-corrected chi connectivity index (χ3v) is 4.09. The number of carboxylic acid groups (broad SMARTS) is 1. The Balaban J connectivity index is 2.81. The van der Waals surface area contributed by atoms with Gasteiger partial charge >= 0.3 is 5.97 Å². The van der Waals surface area contributed by atoms with Crippen molar-refractivity contribution in [2.24, 2.45) is 0 Å². The second-order valence-electron chi connectivity index (χ2n) is 3.76. The van der Waals surface area contributed by atoms with Crippen LogP contribution in [0.25, 0.3) is 0 Å². The third kappa shape index (κ3) is 4.24. The summed E-state index contributed by atoms with van der Waals surface area (Å²) in [6.07, 6.45) is -1.05. The molecule has 19 heavy (non-hydrogen) atoms. The quantitative estimate of drug-likeness (QED) is 0.778. The highest BCUT2D eigenvalue weighted by Crippen LogP contribution is 2.14. The van der Waals surface area contributed by atoms with E-state index >= 15 is 0 Å². The lowest BCUT2D eigenvalue weighted by atomic mass is 10.4. The van der Waals surface area contributed by atoms with E-state index in [1.165, 1.54) is 7.05 Å². The van der Waals surface area contributed by atoms with Crippen LogP contribution in [0.3, 0.4) is 0 Å². The zero-order chi connectivity index (χ0) is 14.6. The predicted octanol–water partition coefficient (Wildman–Crippen LogP) is 0.243. The number of aliphatic carboxylic acids is 1. The van der Waals surface area contributed by atoms with Gasteiger partial charge in [-0.15, -0.1) is 0 Å². The van der Waals surface area contributed by atoms with Gasteiger partial charge in [-0.2, -0.15) is 5.10 Å². The summed E-state index contributed by atoms with van der Waals surface area (Å²) in [6, 6.07) is 0. The van der Waals surface area contributed by atoms with Gasteiger partial charge in [-0.1, -0.05) is 0 Å². The van der Waals surface area contributed by atoms with Crippen LogP contribution in [0.5, 0.6) is 0 Å². The van der Waals surface area contributed by atoms with Crippen LogP contribution in [-0.2, 0) is 21.4 Å². The van der Waals surface area contributed by atoms with E-state index in [1.54, 1.807) is 0 Å². The largest absolute Gasteiger partial charge is 0.481 e. The smallest absolute Gasteiger partial charge is 0.304 e. The number of hydrogen-bond acceptors (Lipinski definition) is 4. The molecule has 0 saturated heterocycles. The summed E-state index contributed by atoms with van der Waals surface area (Å²) in [5.41, 5.74) is 0. The van der Waals surface area contributed by atoms with Crippen molar-refractivity contribution in [3.05, 3.63) is 12.4 Å². The van der Waals surface area contributed by atoms with E-state index in [-0.39, 0.29) is 17.9 Å². The van der Waals surface area contributed by atoms with Crippen LogP contribution < -0.4 is 0 Å². The molecule has 0 aliphatic carbocycles.